The van der Waals surface area contributed by atoms with Crippen molar-refractivity contribution < 1.29 is 0 Å². The van der Waals surface area contributed by atoms with Gasteiger partial charge in [0.15, 0.2) is 0 Å². The Kier molecular flexibility index (Phi) is 5.15. The van der Waals surface area contributed by atoms with Crippen molar-refractivity contribution in [2.75, 3.05) is 0 Å². The summed E-state index contributed by atoms with van der Waals surface area (Å²) in [5.41, 5.74) is 10.1. The maximum atomic E-state index is 2.65. The number of rotatable bonds is 4. The van der Waals surface area contributed by atoms with E-state index >= 15 is 0 Å². The second kappa shape index (κ2) is 8.25. The van der Waals surface area contributed by atoms with E-state index in [2.05, 4.69) is 60.8 Å². The summed E-state index contributed by atoms with van der Waals surface area (Å²) in [5, 5.41) is 0. The fraction of sp³-hybridized carbons (Fsp3) is 0.529. The van der Waals surface area contributed by atoms with Crippen molar-refractivity contribution in [2.45, 2.75) is 89.9 Å². The monoisotopic (exact) mass is 448 g/mol. The molecule has 3 saturated carbocycles. The van der Waals surface area contributed by atoms with Crippen LogP contribution in [0.5, 0.6) is 0 Å². The summed E-state index contributed by atoms with van der Waals surface area (Å²) >= 11 is 0. The average molecular weight is 449 g/mol. The molecule has 0 saturated heterocycles. The third-order valence-corrected chi connectivity index (χ3v) is 10.8. The van der Waals surface area contributed by atoms with Crippen LogP contribution >= 0.6 is 0 Å². The average Bonchev–Trinajstić information content (AvgIpc) is 3.50. The van der Waals surface area contributed by atoms with E-state index in [1.54, 1.807) is 11.1 Å². The first-order valence-electron chi connectivity index (χ1n) is 14.4. The molecule has 0 aromatic heterocycles. The highest BCUT2D eigenvalue weighted by atomic mass is 14.7. The molecule has 0 nitrogen and oxygen atoms in total. The zero-order chi connectivity index (χ0) is 22.6. The molecule has 0 heterocycles. The molecule has 176 valence electrons. The van der Waals surface area contributed by atoms with E-state index in [-0.39, 0.29) is 0 Å². The molecule has 34 heavy (non-hydrogen) atoms. The van der Waals surface area contributed by atoms with Crippen LogP contribution in [0.25, 0.3) is 0 Å². The molecular formula is C34H40. The summed E-state index contributed by atoms with van der Waals surface area (Å²) in [5.74, 6) is 1.69. The first kappa shape index (κ1) is 21.2. The van der Waals surface area contributed by atoms with Gasteiger partial charge in [0.25, 0.3) is 0 Å². The van der Waals surface area contributed by atoms with E-state index in [4.69, 9.17) is 0 Å². The minimum Gasteiger partial charge on any atom is -0.0801 e. The van der Waals surface area contributed by atoms with Crippen molar-refractivity contribution in [3.05, 3.63) is 94.2 Å². The number of hydrogen-bond donors (Lipinski definition) is 0. The fourth-order valence-corrected chi connectivity index (χ4v) is 9.29. The quantitative estimate of drug-likeness (QED) is 0.402. The zero-order valence-corrected chi connectivity index (χ0v) is 20.8. The van der Waals surface area contributed by atoms with Gasteiger partial charge in [-0.25, -0.2) is 0 Å². The summed E-state index contributed by atoms with van der Waals surface area (Å²) in [6.07, 6.45) is 44.4. The van der Waals surface area contributed by atoms with Crippen molar-refractivity contribution >= 4 is 0 Å². The summed E-state index contributed by atoms with van der Waals surface area (Å²) in [7, 11) is 0. The van der Waals surface area contributed by atoms with E-state index in [1.807, 2.05) is 0 Å². The van der Waals surface area contributed by atoms with Crippen molar-refractivity contribution in [3.8, 4) is 0 Å². The molecule has 7 aliphatic rings. The lowest BCUT2D eigenvalue weighted by atomic mass is 9.35. The first-order valence-corrected chi connectivity index (χ1v) is 14.4. The van der Waals surface area contributed by atoms with Gasteiger partial charge in [-0.15, -0.1) is 0 Å². The highest BCUT2D eigenvalue weighted by Crippen LogP contribution is 2.75. The number of allylic oxidation sites excluding steroid dienone is 16. The van der Waals surface area contributed by atoms with Gasteiger partial charge in [0.1, 0.15) is 0 Å². The van der Waals surface area contributed by atoms with Gasteiger partial charge in [0.05, 0.1) is 0 Å². The molecule has 0 radical (unpaired) electrons. The molecule has 0 spiro atoms. The zero-order valence-electron chi connectivity index (χ0n) is 20.8. The number of hydrogen-bond acceptors (Lipinski definition) is 0. The van der Waals surface area contributed by atoms with Crippen LogP contribution in [-0.4, -0.2) is 0 Å². The Morgan fingerprint density at radius 2 is 0.941 bits per heavy atom. The second-order valence-corrected chi connectivity index (χ2v) is 12.1. The molecule has 0 heteroatoms. The molecule has 0 aromatic carbocycles. The van der Waals surface area contributed by atoms with Crippen LogP contribution in [0.4, 0.5) is 0 Å². The Bertz CT molecular complexity index is 1020. The lowest BCUT2D eigenvalue weighted by molar-refractivity contribution is -0.120. The highest BCUT2D eigenvalue weighted by molar-refractivity contribution is 5.66. The lowest BCUT2D eigenvalue weighted by Crippen LogP contribution is -2.61. The Balaban J connectivity index is 1.42. The van der Waals surface area contributed by atoms with Gasteiger partial charge >= 0.3 is 0 Å². The van der Waals surface area contributed by atoms with Crippen LogP contribution in [0.15, 0.2) is 94.2 Å². The van der Waals surface area contributed by atoms with Crippen molar-refractivity contribution in [3.63, 3.8) is 0 Å². The standard InChI is InChI=1S/C34H40/c1-3-15-29(16-4-1)33(31-21-25-11-7-8-12-26(25)22-31)19-20-34(33,30-17-5-2-6-18-30)32-23-27-13-9-10-14-28(27)24-32/h7,9,11-14,21-24,29-30H,1-6,8,10,15-20H2/t33-,34+. The molecule has 0 bridgehead atoms. The van der Waals surface area contributed by atoms with Crippen LogP contribution in [0, 0.1) is 22.7 Å². The SMILES string of the molecule is C1=CC2=CC([C@]3(C4CCCCC4)CC[C@@]3(C3=CC4=CCC=CC4=C3)C3CCCCC3)=CC2=CC1. The lowest BCUT2D eigenvalue weighted by Gasteiger charge is -2.68. The smallest absolute Gasteiger partial charge is 0.00814 e. The molecular weight excluding hydrogens is 408 g/mol. The Hall–Kier alpha value is -2.08. The summed E-state index contributed by atoms with van der Waals surface area (Å²) in [6, 6.07) is 0. The molecule has 7 rings (SSSR count). The minimum atomic E-state index is 0.328. The van der Waals surface area contributed by atoms with Gasteiger partial charge in [-0.05, 0) is 96.6 Å². The van der Waals surface area contributed by atoms with Gasteiger partial charge in [0, 0.05) is 10.8 Å². The van der Waals surface area contributed by atoms with E-state index in [1.165, 1.54) is 99.3 Å². The highest BCUT2D eigenvalue weighted by Gasteiger charge is 2.67. The Labute approximate surface area is 206 Å². The van der Waals surface area contributed by atoms with Gasteiger partial charge in [0.2, 0.25) is 0 Å². The van der Waals surface area contributed by atoms with Crippen LogP contribution < -0.4 is 0 Å². The van der Waals surface area contributed by atoms with Crippen LogP contribution in [0.2, 0.25) is 0 Å². The van der Waals surface area contributed by atoms with Crippen LogP contribution in [0.1, 0.15) is 89.9 Å². The summed E-state index contributed by atoms with van der Waals surface area (Å²) < 4.78 is 0. The van der Waals surface area contributed by atoms with Crippen molar-refractivity contribution in [2.24, 2.45) is 22.7 Å². The minimum absolute atomic E-state index is 0.328. The van der Waals surface area contributed by atoms with Crippen LogP contribution in [0.3, 0.4) is 0 Å². The third-order valence-electron chi connectivity index (χ3n) is 10.8. The van der Waals surface area contributed by atoms with E-state index in [0.29, 0.717) is 10.8 Å². The first-order chi connectivity index (χ1) is 16.8. The summed E-state index contributed by atoms with van der Waals surface area (Å²) in [6.45, 7) is 0. The van der Waals surface area contributed by atoms with Gasteiger partial charge in [-0.2, -0.15) is 0 Å². The number of fused-ring (bicyclic) bond motifs is 2. The molecule has 0 N–H and O–H groups in total. The van der Waals surface area contributed by atoms with E-state index in [9.17, 15) is 0 Å². The molecule has 0 aromatic rings. The van der Waals surface area contributed by atoms with E-state index < -0.39 is 0 Å². The van der Waals surface area contributed by atoms with Gasteiger partial charge in [-0.3, -0.25) is 0 Å². The predicted molar refractivity (Wildman–Crippen MR) is 143 cm³/mol. The molecule has 3 fully saturated rings. The van der Waals surface area contributed by atoms with Gasteiger partial charge in [-0.1, -0.05) is 99.3 Å². The summed E-state index contributed by atoms with van der Waals surface area (Å²) in [4.78, 5) is 0. The molecule has 0 aliphatic heterocycles. The van der Waals surface area contributed by atoms with Gasteiger partial charge < -0.3 is 0 Å². The van der Waals surface area contributed by atoms with Crippen molar-refractivity contribution in [1.29, 1.82) is 0 Å². The second-order valence-electron chi connectivity index (χ2n) is 12.1. The molecule has 0 amide bonds. The molecule has 7 aliphatic carbocycles. The third kappa shape index (κ3) is 2.96. The maximum Gasteiger partial charge on any atom is 0.00814 e. The topological polar surface area (TPSA) is 0 Å². The van der Waals surface area contributed by atoms with Crippen molar-refractivity contribution in [1.82, 2.24) is 0 Å². The molecule has 2 atom stereocenters. The fourth-order valence-electron chi connectivity index (χ4n) is 9.29. The maximum absolute atomic E-state index is 2.65. The normalized spacial score (nSPS) is 35.4. The predicted octanol–water partition coefficient (Wildman–Crippen LogP) is 9.42. The molecule has 0 unspecified atom stereocenters. The Morgan fingerprint density at radius 1 is 0.500 bits per heavy atom. The van der Waals surface area contributed by atoms with Crippen LogP contribution in [-0.2, 0) is 0 Å². The Morgan fingerprint density at radius 3 is 1.32 bits per heavy atom. The van der Waals surface area contributed by atoms with E-state index in [0.717, 1.165) is 24.7 Å². The largest absolute Gasteiger partial charge is 0.0801 e.